The van der Waals surface area contributed by atoms with Crippen LogP contribution in [-0.2, 0) is 10.0 Å². The van der Waals surface area contributed by atoms with Crippen LogP contribution in [0.25, 0.3) is 0 Å². The molecule has 0 atom stereocenters. The minimum Gasteiger partial charge on any atom is -0.477 e. The molecule has 0 spiro atoms. The molecule has 11 heteroatoms. The highest BCUT2D eigenvalue weighted by atomic mass is 79.9. The Bertz CT molecular complexity index is 716. The normalized spacial score (nSPS) is 11.2. The average Bonchev–Trinajstić information content (AvgIpc) is 2.73. The summed E-state index contributed by atoms with van der Waals surface area (Å²) in [5.74, 6) is -1.40. The van der Waals surface area contributed by atoms with Gasteiger partial charge in [-0.2, -0.15) is 5.10 Å². The number of nitrogens with zero attached hydrogens (tertiary/aromatic N) is 3. The van der Waals surface area contributed by atoms with Gasteiger partial charge in [0.2, 0.25) is 0 Å². The summed E-state index contributed by atoms with van der Waals surface area (Å²) in [5.41, 5.74) is 0. The summed E-state index contributed by atoms with van der Waals surface area (Å²) in [4.78, 5) is 14.2. The third-order valence-electron chi connectivity index (χ3n) is 1.86. The van der Waals surface area contributed by atoms with Gasteiger partial charge in [0.05, 0.1) is 16.2 Å². The van der Waals surface area contributed by atoms with Crippen LogP contribution in [0.5, 0.6) is 0 Å². The van der Waals surface area contributed by atoms with Crippen LogP contribution in [0.1, 0.15) is 9.67 Å². The van der Waals surface area contributed by atoms with E-state index in [0.717, 1.165) is 17.4 Å². The topological polar surface area (TPSA) is 122 Å². The molecule has 2 heterocycles. The molecule has 0 saturated heterocycles. The van der Waals surface area contributed by atoms with E-state index in [1.54, 1.807) is 0 Å². The van der Waals surface area contributed by atoms with Gasteiger partial charge in [-0.1, -0.05) is 0 Å². The molecule has 8 nitrogen and oxygen atoms in total. The van der Waals surface area contributed by atoms with Crippen molar-refractivity contribution in [2.24, 2.45) is 0 Å². The standard InChI is InChI=1S/C8H5BrN4O4S2/c9-6-5(3-4(18-6)7(14)15)19(16,17)13-8-10-1-2-11-12-8/h1-3H,(H,14,15)(H,10,12,13). The smallest absolute Gasteiger partial charge is 0.345 e. The van der Waals surface area contributed by atoms with Crippen molar-refractivity contribution in [3.05, 3.63) is 27.1 Å². The fraction of sp³-hybridized carbons (Fsp3) is 0. The van der Waals surface area contributed by atoms with Gasteiger partial charge in [-0.25, -0.2) is 22.9 Å². The number of thiophene rings is 1. The van der Waals surface area contributed by atoms with Gasteiger partial charge in [0.15, 0.2) is 0 Å². The maximum Gasteiger partial charge on any atom is 0.345 e. The number of anilines is 1. The zero-order chi connectivity index (χ0) is 14.0. The molecule has 0 fully saturated rings. The maximum absolute atomic E-state index is 12.0. The van der Waals surface area contributed by atoms with Gasteiger partial charge in [-0.3, -0.25) is 0 Å². The first-order valence-corrected chi connectivity index (χ1v) is 7.68. The summed E-state index contributed by atoms with van der Waals surface area (Å²) < 4.78 is 26.3. The van der Waals surface area contributed by atoms with Crippen LogP contribution in [0.4, 0.5) is 5.95 Å². The molecular formula is C8H5BrN4O4S2. The highest BCUT2D eigenvalue weighted by Gasteiger charge is 2.24. The number of hydrogen-bond donors (Lipinski definition) is 2. The Morgan fingerprint density at radius 1 is 1.42 bits per heavy atom. The van der Waals surface area contributed by atoms with E-state index >= 15 is 0 Å². The molecule has 0 aromatic carbocycles. The lowest BCUT2D eigenvalue weighted by atomic mass is 10.5. The van der Waals surface area contributed by atoms with Crippen LogP contribution in [0.2, 0.25) is 0 Å². The van der Waals surface area contributed by atoms with Gasteiger partial charge in [-0.05, 0) is 22.0 Å². The summed E-state index contributed by atoms with van der Waals surface area (Å²) in [6, 6.07) is 1.05. The number of nitrogens with one attached hydrogen (secondary N) is 1. The third-order valence-corrected chi connectivity index (χ3v) is 5.43. The van der Waals surface area contributed by atoms with Gasteiger partial charge < -0.3 is 5.11 Å². The molecule has 0 bridgehead atoms. The highest BCUT2D eigenvalue weighted by molar-refractivity contribution is 9.11. The van der Waals surface area contributed by atoms with E-state index < -0.39 is 16.0 Å². The first-order chi connectivity index (χ1) is 8.90. The molecule has 2 aromatic rings. The summed E-state index contributed by atoms with van der Waals surface area (Å²) in [7, 11) is -3.97. The minimum atomic E-state index is -3.97. The maximum atomic E-state index is 12.0. The second-order valence-corrected chi connectivity index (χ2v) is 7.15. The van der Waals surface area contributed by atoms with Crippen molar-refractivity contribution >= 4 is 49.2 Å². The molecule has 0 aliphatic rings. The monoisotopic (exact) mass is 364 g/mol. The van der Waals surface area contributed by atoms with Crippen molar-refractivity contribution < 1.29 is 18.3 Å². The summed E-state index contributed by atoms with van der Waals surface area (Å²) in [6.07, 6.45) is 2.57. The predicted molar refractivity (Wildman–Crippen MR) is 69.6 cm³/mol. The minimum absolute atomic E-state index is 0.0978. The Labute approximate surface area is 119 Å². The molecule has 0 aliphatic heterocycles. The van der Waals surface area contributed by atoms with E-state index in [2.05, 4.69) is 35.8 Å². The molecule has 100 valence electrons. The Morgan fingerprint density at radius 2 is 2.16 bits per heavy atom. The van der Waals surface area contributed by atoms with Crippen LogP contribution >= 0.6 is 27.3 Å². The van der Waals surface area contributed by atoms with E-state index in [1.807, 2.05) is 0 Å². The molecule has 0 aliphatic carbocycles. The Balaban J connectivity index is 2.37. The summed E-state index contributed by atoms with van der Waals surface area (Å²) >= 11 is 3.82. The van der Waals surface area contributed by atoms with E-state index in [1.165, 1.54) is 12.4 Å². The van der Waals surface area contributed by atoms with E-state index in [4.69, 9.17) is 5.11 Å². The van der Waals surface area contributed by atoms with E-state index in [9.17, 15) is 13.2 Å². The summed E-state index contributed by atoms with van der Waals surface area (Å²) in [5, 5.41) is 15.8. The summed E-state index contributed by atoms with van der Waals surface area (Å²) in [6.45, 7) is 0. The second kappa shape index (κ2) is 5.19. The fourth-order valence-electron chi connectivity index (χ4n) is 1.11. The average molecular weight is 365 g/mol. The fourth-order valence-corrected chi connectivity index (χ4v) is 4.46. The van der Waals surface area contributed by atoms with Gasteiger partial charge in [-0.15, -0.1) is 16.4 Å². The lowest BCUT2D eigenvalue weighted by molar-refractivity contribution is 0.0702. The quantitative estimate of drug-likeness (QED) is 0.835. The van der Waals surface area contributed by atoms with Crippen molar-refractivity contribution in [2.75, 3.05) is 4.72 Å². The van der Waals surface area contributed by atoms with Gasteiger partial charge in [0.1, 0.15) is 9.77 Å². The Hall–Kier alpha value is -1.59. The van der Waals surface area contributed by atoms with Crippen LogP contribution in [0.15, 0.2) is 27.1 Å². The molecule has 19 heavy (non-hydrogen) atoms. The number of halogens is 1. The molecule has 2 N–H and O–H groups in total. The number of hydrogen-bond acceptors (Lipinski definition) is 7. The van der Waals surface area contributed by atoms with Gasteiger partial charge in [0, 0.05) is 0 Å². The highest BCUT2D eigenvalue weighted by Crippen LogP contribution is 2.32. The number of sulfonamides is 1. The lowest BCUT2D eigenvalue weighted by Crippen LogP contribution is -2.15. The zero-order valence-corrected chi connectivity index (χ0v) is 12.2. The molecule has 2 rings (SSSR count). The number of carboxylic acid groups (broad SMARTS) is 1. The van der Waals surface area contributed by atoms with Crippen LogP contribution in [0, 0.1) is 0 Å². The SMILES string of the molecule is O=C(O)c1cc(S(=O)(=O)Nc2nccnn2)c(Br)s1. The van der Waals surface area contributed by atoms with Crippen molar-refractivity contribution in [1.82, 2.24) is 15.2 Å². The molecule has 0 unspecified atom stereocenters. The van der Waals surface area contributed by atoms with Crippen molar-refractivity contribution in [3.8, 4) is 0 Å². The van der Waals surface area contributed by atoms with Crippen LogP contribution in [-0.4, -0.2) is 34.7 Å². The molecule has 2 aromatic heterocycles. The zero-order valence-electron chi connectivity index (χ0n) is 8.94. The molecule has 0 radical (unpaired) electrons. The number of aromatic carboxylic acids is 1. The third kappa shape index (κ3) is 3.05. The predicted octanol–water partition coefficient (Wildman–Crippen LogP) is 1.19. The largest absolute Gasteiger partial charge is 0.477 e. The van der Waals surface area contributed by atoms with Crippen molar-refractivity contribution in [1.29, 1.82) is 0 Å². The Morgan fingerprint density at radius 3 is 2.68 bits per heavy atom. The van der Waals surface area contributed by atoms with Gasteiger partial charge in [0.25, 0.3) is 16.0 Å². The van der Waals surface area contributed by atoms with Gasteiger partial charge >= 0.3 is 5.97 Å². The number of aromatic nitrogens is 3. The van der Waals surface area contributed by atoms with Crippen molar-refractivity contribution in [2.45, 2.75) is 4.90 Å². The van der Waals surface area contributed by atoms with Crippen molar-refractivity contribution in [3.63, 3.8) is 0 Å². The molecule has 0 saturated carbocycles. The van der Waals surface area contributed by atoms with Crippen LogP contribution in [0.3, 0.4) is 0 Å². The Kier molecular flexibility index (Phi) is 3.78. The molecular weight excluding hydrogens is 360 g/mol. The van der Waals surface area contributed by atoms with E-state index in [-0.39, 0.29) is 19.5 Å². The number of carbonyl (C=O) groups is 1. The number of carboxylic acids is 1. The second-order valence-electron chi connectivity index (χ2n) is 3.13. The lowest BCUT2D eigenvalue weighted by Gasteiger charge is -2.03. The first-order valence-electron chi connectivity index (χ1n) is 4.59. The number of rotatable bonds is 4. The van der Waals surface area contributed by atoms with Crippen LogP contribution < -0.4 is 4.72 Å². The molecule has 0 amide bonds. The first kappa shape index (κ1) is 13.8. The van der Waals surface area contributed by atoms with E-state index in [0.29, 0.717) is 0 Å².